The second kappa shape index (κ2) is 6.04. The highest BCUT2D eigenvalue weighted by Gasteiger charge is 2.11. The molecular formula is C17H16ClNOS. The number of hydrogen-bond acceptors (Lipinski definition) is 2. The molecule has 0 aromatic heterocycles. The van der Waals surface area contributed by atoms with Crippen molar-refractivity contribution in [1.82, 2.24) is 0 Å². The molecule has 0 heterocycles. The number of hydrogen-bond donors (Lipinski definition) is 1. The lowest BCUT2D eigenvalue weighted by atomic mass is 9.92. The Morgan fingerprint density at radius 3 is 2.52 bits per heavy atom. The second-order valence-electron chi connectivity index (χ2n) is 5.25. The first-order valence-electron chi connectivity index (χ1n) is 7.02. The van der Waals surface area contributed by atoms with Crippen LogP contribution in [0.3, 0.4) is 0 Å². The van der Waals surface area contributed by atoms with Crippen molar-refractivity contribution in [2.24, 2.45) is 5.73 Å². The van der Waals surface area contributed by atoms with Crippen molar-refractivity contribution >= 4 is 28.8 Å². The molecule has 4 heteroatoms. The van der Waals surface area contributed by atoms with Crippen molar-refractivity contribution < 1.29 is 4.74 Å². The van der Waals surface area contributed by atoms with Crippen LogP contribution in [0.25, 0.3) is 0 Å². The number of rotatable bonds is 3. The summed E-state index contributed by atoms with van der Waals surface area (Å²) in [5, 5.41) is 0.512. The first-order chi connectivity index (χ1) is 10.1. The second-order valence-corrected chi connectivity index (χ2v) is 6.10. The molecule has 21 heavy (non-hydrogen) atoms. The highest BCUT2D eigenvalue weighted by Crippen LogP contribution is 2.32. The van der Waals surface area contributed by atoms with Crippen LogP contribution in [-0.2, 0) is 12.8 Å². The van der Waals surface area contributed by atoms with Gasteiger partial charge in [0.25, 0.3) is 0 Å². The average molecular weight is 318 g/mol. The van der Waals surface area contributed by atoms with E-state index in [-0.39, 0.29) is 0 Å². The third-order valence-electron chi connectivity index (χ3n) is 3.76. The zero-order valence-corrected chi connectivity index (χ0v) is 13.1. The molecule has 108 valence electrons. The standard InChI is InChI=1S/C17H16ClNOS/c18-15-10-13(17(19)21)6-8-16(15)20-14-7-5-11-3-1-2-4-12(11)9-14/h5-10H,1-4H2,(H2,19,21). The maximum absolute atomic E-state index is 6.23. The van der Waals surface area contributed by atoms with Crippen LogP contribution in [0.4, 0.5) is 0 Å². The van der Waals surface area contributed by atoms with Crippen molar-refractivity contribution in [1.29, 1.82) is 0 Å². The fourth-order valence-corrected chi connectivity index (χ4v) is 2.98. The molecule has 3 rings (SSSR count). The Labute approximate surface area is 134 Å². The predicted molar refractivity (Wildman–Crippen MR) is 90.5 cm³/mol. The predicted octanol–water partition coefficient (Wildman–Crippen LogP) is 4.65. The number of benzene rings is 2. The normalized spacial score (nSPS) is 13.6. The summed E-state index contributed by atoms with van der Waals surface area (Å²) in [5.74, 6) is 1.44. The topological polar surface area (TPSA) is 35.2 Å². The van der Waals surface area contributed by atoms with E-state index in [2.05, 4.69) is 12.1 Å². The Morgan fingerprint density at radius 1 is 1.05 bits per heavy atom. The zero-order chi connectivity index (χ0) is 14.8. The zero-order valence-electron chi connectivity index (χ0n) is 11.6. The van der Waals surface area contributed by atoms with E-state index in [1.807, 2.05) is 12.1 Å². The fourth-order valence-electron chi connectivity index (χ4n) is 2.64. The third-order valence-corrected chi connectivity index (χ3v) is 4.30. The highest BCUT2D eigenvalue weighted by molar-refractivity contribution is 7.80. The van der Waals surface area contributed by atoms with Gasteiger partial charge in [0.2, 0.25) is 0 Å². The highest BCUT2D eigenvalue weighted by atomic mass is 35.5. The lowest BCUT2D eigenvalue weighted by Crippen LogP contribution is -2.09. The molecule has 0 aliphatic heterocycles. The summed E-state index contributed by atoms with van der Waals surface area (Å²) in [5.41, 5.74) is 9.15. The van der Waals surface area contributed by atoms with Gasteiger partial charge in [-0.05, 0) is 67.1 Å². The van der Waals surface area contributed by atoms with Crippen LogP contribution >= 0.6 is 23.8 Å². The minimum atomic E-state index is 0.331. The van der Waals surface area contributed by atoms with Gasteiger partial charge in [0.1, 0.15) is 16.5 Å². The first kappa shape index (κ1) is 14.4. The Kier molecular flexibility index (Phi) is 4.13. The van der Waals surface area contributed by atoms with Crippen molar-refractivity contribution in [2.45, 2.75) is 25.7 Å². The summed E-state index contributed by atoms with van der Waals surface area (Å²) in [6, 6.07) is 11.6. The summed E-state index contributed by atoms with van der Waals surface area (Å²) < 4.78 is 5.89. The van der Waals surface area contributed by atoms with Gasteiger partial charge in [0.15, 0.2) is 0 Å². The summed E-state index contributed by atoms with van der Waals surface area (Å²) in [6.45, 7) is 0. The minimum Gasteiger partial charge on any atom is -0.456 e. The first-order valence-corrected chi connectivity index (χ1v) is 7.81. The van der Waals surface area contributed by atoms with Gasteiger partial charge in [-0.1, -0.05) is 29.9 Å². The molecule has 0 bridgehead atoms. The summed E-state index contributed by atoms with van der Waals surface area (Å²) in [7, 11) is 0. The molecule has 2 N–H and O–H groups in total. The van der Waals surface area contributed by atoms with Crippen molar-refractivity contribution in [3.63, 3.8) is 0 Å². The van der Waals surface area contributed by atoms with Crippen LogP contribution in [-0.4, -0.2) is 4.99 Å². The average Bonchev–Trinajstić information content (AvgIpc) is 2.49. The molecule has 0 atom stereocenters. The Bertz CT molecular complexity index is 699. The Balaban J connectivity index is 1.85. The molecule has 0 unspecified atom stereocenters. The molecule has 2 nitrogen and oxygen atoms in total. The molecular weight excluding hydrogens is 302 g/mol. The molecule has 0 spiro atoms. The van der Waals surface area contributed by atoms with E-state index in [0.29, 0.717) is 15.8 Å². The van der Waals surface area contributed by atoms with E-state index in [0.717, 1.165) is 17.7 Å². The third kappa shape index (κ3) is 3.20. The minimum absolute atomic E-state index is 0.331. The fraction of sp³-hybridized carbons (Fsp3) is 0.235. The van der Waals surface area contributed by atoms with Crippen molar-refractivity contribution in [3.05, 3.63) is 58.1 Å². The van der Waals surface area contributed by atoms with Gasteiger partial charge >= 0.3 is 0 Å². The summed E-state index contributed by atoms with van der Waals surface area (Å²) in [4.78, 5) is 0.331. The summed E-state index contributed by atoms with van der Waals surface area (Å²) in [6.07, 6.45) is 4.82. The number of aryl methyl sites for hydroxylation is 2. The van der Waals surface area contributed by atoms with E-state index in [9.17, 15) is 0 Å². The maximum atomic E-state index is 6.23. The molecule has 2 aromatic rings. The van der Waals surface area contributed by atoms with Gasteiger partial charge in [0.05, 0.1) is 5.02 Å². The molecule has 0 saturated heterocycles. The van der Waals surface area contributed by atoms with E-state index in [1.165, 1.54) is 30.4 Å². The van der Waals surface area contributed by atoms with Crippen LogP contribution in [0.1, 0.15) is 29.5 Å². The van der Waals surface area contributed by atoms with Gasteiger partial charge in [-0.15, -0.1) is 0 Å². The molecule has 0 amide bonds. The van der Waals surface area contributed by atoms with Gasteiger partial charge in [-0.2, -0.15) is 0 Å². The maximum Gasteiger partial charge on any atom is 0.146 e. The van der Waals surface area contributed by atoms with Crippen LogP contribution in [0, 0.1) is 0 Å². The monoisotopic (exact) mass is 317 g/mol. The largest absolute Gasteiger partial charge is 0.456 e. The van der Waals surface area contributed by atoms with Gasteiger partial charge < -0.3 is 10.5 Å². The number of ether oxygens (including phenoxy) is 1. The summed E-state index contributed by atoms with van der Waals surface area (Å²) >= 11 is 11.2. The lowest BCUT2D eigenvalue weighted by molar-refractivity contribution is 0.481. The SMILES string of the molecule is NC(=S)c1ccc(Oc2ccc3c(c2)CCCC3)c(Cl)c1. The molecule has 0 radical (unpaired) electrons. The number of fused-ring (bicyclic) bond motifs is 1. The molecule has 0 saturated carbocycles. The van der Waals surface area contributed by atoms with Crippen LogP contribution in [0.15, 0.2) is 36.4 Å². The van der Waals surface area contributed by atoms with Gasteiger partial charge in [-0.25, -0.2) is 0 Å². The van der Waals surface area contributed by atoms with E-state index in [4.69, 9.17) is 34.3 Å². The van der Waals surface area contributed by atoms with Gasteiger partial charge in [-0.3, -0.25) is 0 Å². The van der Waals surface area contributed by atoms with Crippen LogP contribution < -0.4 is 10.5 Å². The van der Waals surface area contributed by atoms with Crippen LogP contribution in [0.5, 0.6) is 11.5 Å². The smallest absolute Gasteiger partial charge is 0.146 e. The van der Waals surface area contributed by atoms with E-state index < -0.39 is 0 Å². The molecule has 2 aromatic carbocycles. The molecule has 1 aliphatic carbocycles. The number of thiocarbonyl (C=S) groups is 1. The molecule has 0 fully saturated rings. The van der Waals surface area contributed by atoms with Gasteiger partial charge in [0, 0.05) is 5.56 Å². The molecule has 1 aliphatic rings. The Morgan fingerprint density at radius 2 is 1.81 bits per heavy atom. The van der Waals surface area contributed by atoms with Crippen molar-refractivity contribution in [3.8, 4) is 11.5 Å². The number of halogens is 1. The van der Waals surface area contributed by atoms with Crippen molar-refractivity contribution in [2.75, 3.05) is 0 Å². The van der Waals surface area contributed by atoms with E-state index >= 15 is 0 Å². The lowest BCUT2D eigenvalue weighted by Gasteiger charge is -2.17. The number of nitrogens with two attached hydrogens (primary N) is 1. The van der Waals surface area contributed by atoms with Crippen LogP contribution in [0.2, 0.25) is 5.02 Å². The Hall–Kier alpha value is -1.58. The van der Waals surface area contributed by atoms with E-state index in [1.54, 1.807) is 12.1 Å². The quantitative estimate of drug-likeness (QED) is 0.837.